The smallest absolute Gasteiger partial charge is 0.130 e. The summed E-state index contributed by atoms with van der Waals surface area (Å²) < 4.78 is 11.7. The van der Waals surface area contributed by atoms with E-state index in [1.165, 1.54) is 44.1 Å². The predicted octanol–water partition coefficient (Wildman–Crippen LogP) is 7.51. The third-order valence-corrected chi connectivity index (χ3v) is 6.98. The van der Waals surface area contributed by atoms with Gasteiger partial charge in [0, 0.05) is 0 Å². The van der Waals surface area contributed by atoms with Gasteiger partial charge >= 0.3 is 0 Å². The largest absolute Gasteiger partial charge is 0.494 e. The minimum absolute atomic E-state index is 0.683. The first-order chi connectivity index (χ1) is 13.7. The molecule has 2 aromatic carbocycles. The predicted molar refractivity (Wildman–Crippen MR) is 115 cm³/mol. The Morgan fingerprint density at radius 1 is 0.893 bits per heavy atom. The van der Waals surface area contributed by atoms with Crippen LogP contribution >= 0.6 is 0 Å². The Kier molecular flexibility index (Phi) is 5.94. The molecule has 150 valence electrons. The molecule has 2 saturated carbocycles. The van der Waals surface area contributed by atoms with Crippen LogP contribution < -0.4 is 9.47 Å². The van der Waals surface area contributed by atoms with Crippen LogP contribution in [0.5, 0.6) is 17.2 Å². The van der Waals surface area contributed by atoms with E-state index >= 15 is 0 Å². The Labute approximate surface area is 170 Å². The van der Waals surface area contributed by atoms with Gasteiger partial charge < -0.3 is 9.47 Å². The Morgan fingerprint density at radius 3 is 2.32 bits per heavy atom. The molecule has 4 atom stereocenters. The number of ether oxygens (including phenoxy) is 2. The lowest BCUT2D eigenvalue weighted by atomic mass is 9.60. The summed E-state index contributed by atoms with van der Waals surface area (Å²) >= 11 is 0. The second-order valence-corrected chi connectivity index (χ2v) is 8.81. The maximum atomic E-state index is 6.16. The minimum atomic E-state index is 0.683. The van der Waals surface area contributed by atoms with Gasteiger partial charge in [0.1, 0.15) is 17.2 Å². The van der Waals surface area contributed by atoms with Gasteiger partial charge in [0.2, 0.25) is 0 Å². The third kappa shape index (κ3) is 4.06. The van der Waals surface area contributed by atoms with Crippen molar-refractivity contribution in [3.63, 3.8) is 0 Å². The quantitative estimate of drug-likeness (QED) is 0.536. The lowest BCUT2D eigenvalue weighted by Gasteiger charge is -2.45. The van der Waals surface area contributed by atoms with Crippen molar-refractivity contribution < 1.29 is 9.47 Å². The van der Waals surface area contributed by atoms with Gasteiger partial charge in [-0.3, -0.25) is 0 Å². The summed E-state index contributed by atoms with van der Waals surface area (Å²) in [5, 5.41) is 0. The van der Waals surface area contributed by atoms with Crippen LogP contribution in [0.1, 0.15) is 69.4 Å². The molecule has 0 amide bonds. The molecule has 2 aliphatic rings. The van der Waals surface area contributed by atoms with Crippen LogP contribution in [0.4, 0.5) is 0 Å². The van der Waals surface area contributed by atoms with Crippen LogP contribution in [-0.4, -0.2) is 6.61 Å². The summed E-state index contributed by atoms with van der Waals surface area (Å²) in [6, 6.07) is 15.0. The van der Waals surface area contributed by atoms with E-state index in [4.69, 9.17) is 9.47 Å². The fourth-order valence-electron chi connectivity index (χ4n) is 5.70. The van der Waals surface area contributed by atoms with Gasteiger partial charge in [-0.15, -0.1) is 0 Å². The Hall–Kier alpha value is -1.96. The summed E-state index contributed by atoms with van der Waals surface area (Å²) in [5.74, 6) is 6.14. The number of rotatable bonds is 5. The lowest BCUT2D eigenvalue weighted by molar-refractivity contribution is 0.0912. The molecule has 2 fully saturated rings. The lowest BCUT2D eigenvalue weighted by Crippen LogP contribution is -2.35. The average Bonchev–Trinajstić information content (AvgIpc) is 2.71. The molecule has 2 nitrogen and oxygen atoms in total. The van der Waals surface area contributed by atoms with E-state index in [0.717, 1.165) is 46.5 Å². The Balaban J connectivity index is 1.48. The molecular weight excluding hydrogens is 344 g/mol. The highest BCUT2D eigenvalue weighted by molar-refractivity contribution is 5.42. The van der Waals surface area contributed by atoms with E-state index in [2.05, 4.69) is 38.1 Å². The van der Waals surface area contributed by atoms with Crippen molar-refractivity contribution in [1.29, 1.82) is 0 Å². The van der Waals surface area contributed by atoms with Gasteiger partial charge in [-0.1, -0.05) is 51.2 Å². The van der Waals surface area contributed by atoms with Crippen molar-refractivity contribution in [1.82, 2.24) is 0 Å². The summed E-state index contributed by atoms with van der Waals surface area (Å²) in [6.45, 7) is 7.24. The second-order valence-electron chi connectivity index (χ2n) is 8.81. The molecule has 0 saturated heterocycles. The van der Waals surface area contributed by atoms with Crippen LogP contribution in [0.25, 0.3) is 0 Å². The number of fused-ring (bicyclic) bond motifs is 1. The standard InChI is InChI=1S/C26H34O2/c1-4-27-23-15-16-25(19(3)17-23)28-22-13-11-20(12-14-22)24-10-6-9-21-8-5-7-18(2)26(21)24/h11-18,21,24,26H,4-10H2,1-3H3. The van der Waals surface area contributed by atoms with Crippen LogP contribution in [0.3, 0.4) is 0 Å². The summed E-state index contributed by atoms with van der Waals surface area (Å²) in [4.78, 5) is 0. The van der Waals surface area contributed by atoms with Crippen molar-refractivity contribution in [2.75, 3.05) is 6.61 Å². The third-order valence-electron chi connectivity index (χ3n) is 6.98. The zero-order chi connectivity index (χ0) is 19.5. The van der Waals surface area contributed by atoms with Crippen molar-refractivity contribution >= 4 is 0 Å². The molecule has 0 bridgehead atoms. The van der Waals surface area contributed by atoms with E-state index in [1.54, 1.807) is 0 Å². The second kappa shape index (κ2) is 8.59. The number of hydrogen-bond acceptors (Lipinski definition) is 2. The molecule has 28 heavy (non-hydrogen) atoms. The van der Waals surface area contributed by atoms with Crippen molar-refractivity contribution in [2.24, 2.45) is 17.8 Å². The highest BCUT2D eigenvalue weighted by Crippen LogP contribution is 2.50. The number of aryl methyl sites for hydroxylation is 1. The van der Waals surface area contributed by atoms with Crippen molar-refractivity contribution in [3.05, 3.63) is 53.6 Å². The van der Waals surface area contributed by atoms with Gasteiger partial charge in [-0.25, -0.2) is 0 Å². The van der Waals surface area contributed by atoms with Crippen LogP contribution in [0.2, 0.25) is 0 Å². The molecule has 0 aliphatic heterocycles. The summed E-state index contributed by atoms with van der Waals surface area (Å²) in [6.07, 6.45) is 8.48. The normalized spacial score (nSPS) is 27.1. The highest BCUT2D eigenvalue weighted by Gasteiger charge is 2.39. The first-order valence-corrected chi connectivity index (χ1v) is 11.2. The van der Waals surface area contributed by atoms with E-state index in [-0.39, 0.29) is 0 Å². The Morgan fingerprint density at radius 2 is 1.61 bits per heavy atom. The van der Waals surface area contributed by atoms with Gasteiger partial charge in [-0.05, 0) is 85.4 Å². The van der Waals surface area contributed by atoms with Crippen molar-refractivity contribution in [3.8, 4) is 17.2 Å². The SMILES string of the molecule is CCOc1ccc(Oc2ccc(C3CCCC4CCCC(C)C43)cc2)c(C)c1. The molecule has 2 aromatic rings. The van der Waals surface area contributed by atoms with Crippen LogP contribution in [-0.2, 0) is 0 Å². The topological polar surface area (TPSA) is 18.5 Å². The molecule has 4 rings (SSSR count). The summed E-state index contributed by atoms with van der Waals surface area (Å²) in [7, 11) is 0. The Bertz CT molecular complexity index is 778. The molecule has 2 heteroatoms. The minimum Gasteiger partial charge on any atom is -0.494 e. The highest BCUT2D eigenvalue weighted by atomic mass is 16.5. The zero-order valence-electron chi connectivity index (χ0n) is 17.6. The fraction of sp³-hybridized carbons (Fsp3) is 0.538. The molecule has 0 aromatic heterocycles. The molecule has 0 spiro atoms. The first kappa shape index (κ1) is 19.4. The average molecular weight is 379 g/mol. The van der Waals surface area contributed by atoms with E-state index in [0.29, 0.717) is 6.61 Å². The van der Waals surface area contributed by atoms with Gasteiger partial charge in [-0.2, -0.15) is 0 Å². The van der Waals surface area contributed by atoms with Gasteiger partial charge in [0.25, 0.3) is 0 Å². The molecule has 2 aliphatic carbocycles. The molecule has 4 unspecified atom stereocenters. The maximum absolute atomic E-state index is 6.16. The van der Waals surface area contributed by atoms with Gasteiger partial charge in [0.05, 0.1) is 6.61 Å². The number of benzene rings is 2. The molecule has 0 heterocycles. The van der Waals surface area contributed by atoms with Crippen LogP contribution in [0.15, 0.2) is 42.5 Å². The molecular formula is C26H34O2. The molecule has 0 radical (unpaired) electrons. The van der Waals surface area contributed by atoms with Crippen LogP contribution in [0, 0.1) is 24.7 Å². The van der Waals surface area contributed by atoms with Gasteiger partial charge in [0.15, 0.2) is 0 Å². The van der Waals surface area contributed by atoms with E-state index < -0.39 is 0 Å². The first-order valence-electron chi connectivity index (χ1n) is 11.2. The van der Waals surface area contributed by atoms with Crippen molar-refractivity contribution in [2.45, 2.75) is 65.2 Å². The summed E-state index contributed by atoms with van der Waals surface area (Å²) in [5.41, 5.74) is 2.61. The van der Waals surface area contributed by atoms with E-state index in [9.17, 15) is 0 Å². The monoisotopic (exact) mass is 378 g/mol. The maximum Gasteiger partial charge on any atom is 0.130 e. The number of hydrogen-bond donors (Lipinski definition) is 0. The van der Waals surface area contributed by atoms with E-state index in [1.807, 2.05) is 25.1 Å². The zero-order valence-corrected chi connectivity index (χ0v) is 17.6. The fourth-order valence-corrected chi connectivity index (χ4v) is 5.70. The molecule has 0 N–H and O–H groups in total.